The number of rotatable bonds is 5. The van der Waals surface area contributed by atoms with Crippen LogP contribution in [0.15, 0.2) is 35.2 Å². The summed E-state index contributed by atoms with van der Waals surface area (Å²) < 4.78 is 29.9. The van der Waals surface area contributed by atoms with Crippen molar-refractivity contribution < 1.29 is 22.7 Å². The lowest BCUT2D eigenvalue weighted by molar-refractivity contribution is -0.122. The molecule has 0 spiro atoms. The number of benzene rings is 1. The number of carbonyl (C=O) groups is 2. The molecule has 0 saturated carbocycles. The van der Waals surface area contributed by atoms with Crippen LogP contribution in [0.2, 0.25) is 0 Å². The van der Waals surface area contributed by atoms with Gasteiger partial charge in [-0.05, 0) is 44.7 Å². The number of carbonyl (C=O) groups excluding carboxylic acids is 2. The van der Waals surface area contributed by atoms with Crippen LogP contribution in [0.5, 0.6) is 0 Å². The molecule has 6 nitrogen and oxygen atoms in total. The molecule has 1 amide bonds. The molecular weight excluding hydrogens is 342 g/mol. The number of ketones is 1. The summed E-state index contributed by atoms with van der Waals surface area (Å²) in [6.45, 7) is 2.09. The largest absolute Gasteiger partial charge is 0.450 e. The molecule has 25 heavy (non-hydrogen) atoms. The van der Waals surface area contributed by atoms with E-state index in [0.29, 0.717) is 19.4 Å². The van der Waals surface area contributed by atoms with E-state index in [4.69, 9.17) is 4.74 Å². The van der Waals surface area contributed by atoms with Gasteiger partial charge >= 0.3 is 6.09 Å². The van der Waals surface area contributed by atoms with E-state index in [1.54, 1.807) is 30.0 Å². The Morgan fingerprint density at radius 3 is 2.28 bits per heavy atom. The number of fused-ring (bicyclic) bond motifs is 2. The smallest absolute Gasteiger partial charge is 0.410 e. The quantitative estimate of drug-likeness (QED) is 0.800. The van der Waals surface area contributed by atoms with Crippen LogP contribution < -0.4 is 0 Å². The molecule has 0 aliphatic carbocycles. The van der Waals surface area contributed by atoms with Crippen molar-refractivity contribution in [1.82, 2.24) is 4.90 Å². The molecule has 2 atom stereocenters. The van der Waals surface area contributed by atoms with Gasteiger partial charge in [0, 0.05) is 18.0 Å². The first kappa shape index (κ1) is 17.9. The Morgan fingerprint density at radius 2 is 1.72 bits per heavy atom. The van der Waals surface area contributed by atoms with Gasteiger partial charge in [-0.15, -0.1) is 0 Å². The number of ether oxygens (including phenoxy) is 1. The van der Waals surface area contributed by atoms with E-state index in [9.17, 15) is 18.0 Å². The topological polar surface area (TPSA) is 80.8 Å². The lowest BCUT2D eigenvalue weighted by Crippen LogP contribution is -2.48. The van der Waals surface area contributed by atoms with Crippen molar-refractivity contribution in [2.45, 2.75) is 49.6 Å². The number of Topliss-reactive ketones (excluding diaryl/α,β-unsaturated/α-hetero) is 1. The van der Waals surface area contributed by atoms with Crippen molar-refractivity contribution in [3.63, 3.8) is 0 Å². The average molecular weight is 365 g/mol. The summed E-state index contributed by atoms with van der Waals surface area (Å²) in [5.41, 5.74) is 0. The van der Waals surface area contributed by atoms with E-state index < -0.39 is 15.6 Å². The zero-order valence-electron chi connectivity index (χ0n) is 14.3. The maximum absolute atomic E-state index is 12.6. The predicted octanol–water partition coefficient (Wildman–Crippen LogP) is 2.43. The SMILES string of the molecule is CCOC(=O)N1C2CCC1CC(C(=O)CS(=O)(=O)c1ccccc1)C2. The molecule has 2 saturated heterocycles. The lowest BCUT2D eigenvalue weighted by Gasteiger charge is -2.37. The summed E-state index contributed by atoms with van der Waals surface area (Å²) in [4.78, 5) is 26.6. The summed E-state index contributed by atoms with van der Waals surface area (Å²) in [5.74, 6) is -1.02. The van der Waals surface area contributed by atoms with Crippen molar-refractivity contribution in [1.29, 1.82) is 0 Å². The molecule has 2 unspecified atom stereocenters. The van der Waals surface area contributed by atoms with Gasteiger partial charge in [0.25, 0.3) is 0 Å². The van der Waals surface area contributed by atoms with Crippen molar-refractivity contribution in [2.24, 2.45) is 5.92 Å². The zero-order valence-corrected chi connectivity index (χ0v) is 15.1. The molecule has 0 N–H and O–H groups in total. The Hall–Kier alpha value is -1.89. The molecule has 2 heterocycles. The predicted molar refractivity (Wildman–Crippen MR) is 91.9 cm³/mol. The average Bonchev–Trinajstić information content (AvgIpc) is 2.85. The van der Waals surface area contributed by atoms with E-state index in [-0.39, 0.29) is 34.8 Å². The third kappa shape index (κ3) is 3.71. The van der Waals surface area contributed by atoms with Gasteiger partial charge in [0.15, 0.2) is 15.6 Å². The molecule has 2 bridgehead atoms. The van der Waals surface area contributed by atoms with Crippen molar-refractivity contribution in [2.75, 3.05) is 12.4 Å². The van der Waals surface area contributed by atoms with E-state index in [1.165, 1.54) is 12.1 Å². The van der Waals surface area contributed by atoms with Crippen LogP contribution in [-0.2, 0) is 19.4 Å². The standard InChI is InChI=1S/C18H23NO5S/c1-2-24-18(21)19-14-8-9-15(19)11-13(10-14)17(20)12-25(22,23)16-6-4-3-5-7-16/h3-7,13-15H,2,8-12H2,1H3. The molecule has 2 fully saturated rings. The van der Waals surface area contributed by atoms with E-state index in [0.717, 1.165) is 12.8 Å². The third-order valence-electron chi connectivity index (χ3n) is 5.10. The van der Waals surface area contributed by atoms with Gasteiger partial charge in [-0.25, -0.2) is 13.2 Å². The third-order valence-corrected chi connectivity index (χ3v) is 6.76. The highest BCUT2D eigenvalue weighted by molar-refractivity contribution is 7.92. The Balaban J connectivity index is 1.67. The van der Waals surface area contributed by atoms with Gasteiger partial charge < -0.3 is 9.64 Å². The van der Waals surface area contributed by atoms with Crippen molar-refractivity contribution in [3.8, 4) is 0 Å². The molecular formula is C18H23NO5S. The molecule has 7 heteroatoms. The summed E-state index contributed by atoms with van der Waals surface area (Å²) >= 11 is 0. The highest BCUT2D eigenvalue weighted by atomic mass is 32.2. The highest BCUT2D eigenvalue weighted by Gasteiger charge is 2.46. The van der Waals surface area contributed by atoms with Gasteiger partial charge in [-0.3, -0.25) is 4.79 Å². The monoisotopic (exact) mass is 365 g/mol. The summed E-state index contributed by atoms with van der Waals surface area (Å²) in [7, 11) is -3.62. The molecule has 2 aliphatic heterocycles. The number of amides is 1. The first-order chi connectivity index (χ1) is 11.9. The number of piperidine rings is 1. The molecule has 136 valence electrons. The second-order valence-corrected chi connectivity index (χ2v) is 8.69. The molecule has 3 rings (SSSR count). The lowest BCUT2D eigenvalue weighted by atomic mass is 9.88. The van der Waals surface area contributed by atoms with Gasteiger partial charge in [-0.2, -0.15) is 0 Å². The maximum atomic E-state index is 12.6. The minimum absolute atomic E-state index is 0.0221. The Bertz CT molecular complexity index is 732. The zero-order chi connectivity index (χ0) is 18.0. The van der Waals surface area contributed by atoms with E-state index in [2.05, 4.69) is 0 Å². The first-order valence-electron chi connectivity index (χ1n) is 8.68. The Morgan fingerprint density at radius 1 is 1.12 bits per heavy atom. The second kappa shape index (κ2) is 7.15. The maximum Gasteiger partial charge on any atom is 0.410 e. The first-order valence-corrected chi connectivity index (χ1v) is 10.3. The highest BCUT2D eigenvalue weighted by Crippen LogP contribution is 2.39. The van der Waals surface area contributed by atoms with Crippen molar-refractivity contribution in [3.05, 3.63) is 30.3 Å². The number of hydrogen-bond acceptors (Lipinski definition) is 5. The summed E-state index contributed by atoms with van der Waals surface area (Å²) in [6.07, 6.45) is 2.42. The van der Waals surface area contributed by atoms with E-state index >= 15 is 0 Å². The van der Waals surface area contributed by atoms with Gasteiger partial charge in [-0.1, -0.05) is 18.2 Å². The fraction of sp³-hybridized carbons (Fsp3) is 0.556. The van der Waals surface area contributed by atoms with Crippen LogP contribution in [-0.4, -0.2) is 49.6 Å². The fourth-order valence-corrected chi connectivity index (χ4v) is 5.30. The Kier molecular flexibility index (Phi) is 5.13. The molecule has 0 aromatic heterocycles. The number of nitrogens with zero attached hydrogens (tertiary/aromatic N) is 1. The van der Waals surface area contributed by atoms with Crippen LogP contribution in [0.25, 0.3) is 0 Å². The fourth-order valence-electron chi connectivity index (χ4n) is 3.95. The normalized spacial score (nSPS) is 25.6. The molecule has 2 aliphatic rings. The number of sulfone groups is 1. The van der Waals surface area contributed by atoms with Crippen LogP contribution in [0.4, 0.5) is 4.79 Å². The summed E-state index contributed by atoms with van der Waals surface area (Å²) in [6, 6.07) is 8.01. The second-order valence-electron chi connectivity index (χ2n) is 6.70. The molecule has 1 aromatic carbocycles. The Labute approximate surface area is 148 Å². The van der Waals surface area contributed by atoms with Crippen molar-refractivity contribution >= 4 is 21.7 Å². The minimum atomic E-state index is -3.62. The van der Waals surface area contributed by atoms with Gasteiger partial charge in [0.1, 0.15) is 5.75 Å². The van der Waals surface area contributed by atoms with Gasteiger partial charge in [0.2, 0.25) is 0 Å². The summed E-state index contributed by atoms with van der Waals surface area (Å²) in [5, 5.41) is 0. The number of hydrogen-bond donors (Lipinski definition) is 0. The minimum Gasteiger partial charge on any atom is -0.450 e. The van der Waals surface area contributed by atoms with Crippen LogP contribution in [0.3, 0.4) is 0 Å². The molecule has 1 aromatic rings. The van der Waals surface area contributed by atoms with Gasteiger partial charge in [0.05, 0.1) is 11.5 Å². The van der Waals surface area contributed by atoms with Crippen LogP contribution >= 0.6 is 0 Å². The van der Waals surface area contributed by atoms with E-state index in [1.807, 2.05) is 0 Å². The molecule has 0 radical (unpaired) electrons. The van der Waals surface area contributed by atoms with Crippen LogP contribution in [0, 0.1) is 5.92 Å². The van der Waals surface area contributed by atoms with Crippen LogP contribution in [0.1, 0.15) is 32.6 Å².